The highest BCUT2D eigenvalue weighted by atomic mass is 19.1. The van der Waals surface area contributed by atoms with E-state index in [2.05, 4.69) is 5.32 Å². The predicted molar refractivity (Wildman–Crippen MR) is 73.3 cm³/mol. The molecule has 1 amide bonds. The van der Waals surface area contributed by atoms with Gasteiger partial charge in [-0.05, 0) is 43.2 Å². The molecule has 0 bridgehead atoms. The van der Waals surface area contributed by atoms with Crippen molar-refractivity contribution in [3.8, 4) is 0 Å². The summed E-state index contributed by atoms with van der Waals surface area (Å²) in [5, 5.41) is 3.10. The molecular formula is C15H17FN2O2. The summed E-state index contributed by atoms with van der Waals surface area (Å²) in [4.78, 5) is 11.6. The Hall–Kier alpha value is -2.14. The number of benzene rings is 1. The van der Waals surface area contributed by atoms with Crippen molar-refractivity contribution >= 4 is 5.91 Å². The molecule has 0 aliphatic heterocycles. The van der Waals surface area contributed by atoms with E-state index in [1.165, 1.54) is 12.1 Å². The second kappa shape index (κ2) is 5.88. The third-order valence-corrected chi connectivity index (χ3v) is 3.20. The number of hydrogen-bond donors (Lipinski definition) is 2. The van der Waals surface area contributed by atoms with Crippen LogP contribution in [-0.4, -0.2) is 5.91 Å². The van der Waals surface area contributed by atoms with Crippen LogP contribution in [0.25, 0.3) is 0 Å². The first-order valence-electron chi connectivity index (χ1n) is 6.34. The summed E-state index contributed by atoms with van der Waals surface area (Å²) in [6.45, 7) is 3.81. The van der Waals surface area contributed by atoms with Crippen molar-refractivity contribution in [3.63, 3.8) is 0 Å². The van der Waals surface area contributed by atoms with Crippen LogP contribution in [0.1, 0.15) is 35.9 Å². The SMILES string of the molecule is Cc1ccoc1C(C)NC(C(N)=O)c1ccc(F)cc1. The Bertz CT molecular complexity index is 592. The van der Waals surface area contributed by atoms with Gasteiger partial charge in [0, 0.05) is 0 Å². The maximum atomic E-state index is 12.9. The smallest absolute Gasteiger partial charge is 0.239 e. The van der Waals surface area contributed by atoms with Crippen molar-refractivity contribution in [2.45, 2.75) is 25.9 Å². The van der Waals surface area contributed by atoms with Crippen molar-refractivity contribution in [1.29, 1.82) is 0 Å². The van der Waals surface area contributed by atoms with Crippen molar-refractivity contribution in [2.24, 2.45) is 5.73 Å². The van der Waals surface area contributed by atoms with Gasteiger partial charge in [0.15, 0.2) is 0 Å². The lowest BCUT2D eigenvalue weighted by Crippen LogP contribution is -2.35. The molecule has 1 heterocycles. The molecule has 0 fully saturated rings. The van der Waals surface area contributed by atoms with E-state index in [0.717, 1.165) is 11.3 Å². The number of nitrogens with two attached hydrogens (primary N) is 1. The quantitative estimate of drug-likeness (QED) is 0.882. The lowest BCUT2D eigenvalue weighted by Gasteiger charge is -2.20. The van der Waals surface area contributed by atoms with Crippen LogP contribution in [0.3, 0.4) is 0 Å². The molecule has 1 aromatic carbocycles. The number of hydrogen-bond acceptors (Lipinski definition) is 3. The fourth-order valence-corrected chi connectivity index (χ4v) is 2.15. The summed E-state index contributed by atoms with van der Waals surface area (Å²) >= 11 is 0. The van der Waals surface area contributed by atoms with Gasteiger partial charge in [0.1, 0.15) is 17.6 Å². The largest absolute Gasteiger partial charge is 0.467 e. The first-order valence-corrected chi connectivity index (χ1v) is 6.34. The zero-order chi connectivity index (χ0) is 14.7. The van der Waals surface area contributed by atoms with Gasteiger partial charge in [0.25, 0.3) is 0 Å². The number of halogens is 1. The molecular weight excluding hydrogens is 259 g/mol. The third-order valence-electron chi connectivity index (χ3n) is 3.20. The molecule has 1 aromatic heterocycles. The summed E-state index contributed by atoms with van der Waals surface area (Å²) < 4.78 is 18.3. The fraction of sp³-hybridized carbons (Fsp3) is 0.267. The van der Waals surface area contributed by atoms with Gasteiger partial charge in [0.2, 0.25) is 5.91 Å². The number of nitrogens with one attached hydrogen (secondary N) is 1. The fourth-order valence-electron chi connectivity index (χ4n) is 2.15. The first-order chi connectivity index (χ1) is 9.49. The maximum absolute atomic E-state index is 12.9. The van der Waals surface area contributed by atoms with Crippen LogP contribution in [0.5, 0.6) is 0 Å². The number of primary amides is 1. The molecule has 3 N–H and O–H groups in total. The van der Waals surface area contributed by atoms with Crippen molar-refractivity contribution in [1.82, 2.24) is 5.32 Å². The number of furan rings is 1. The normalized spacial score (nSPS) is 13.9. The van der Waals surface area contributed by atoms with Crippen LogP contribution in [0.4, 0.5) is 4.39 Å². The molecule has 5 heteroatoms. The second-order valence-electron chi connectivity index (χ2n) is 4.74. The van der Waals surface area contributed by atoms with Crippen molar-refractivity contribution in [2.75, 3.05) is 0 Å². The molecule has 0 spiro atoms. The van der Waals surface area contributed by atoms with Gasteiger partial charge in [-0.2, -0.15) is 0 Å². The third kappa shape index (κ3) is 3.05. The predicted octanol–water partition coefficient (Wildman–Crippen LogP) is 2.60. The van der Waals surface area contributed by atoms with Crippen LogP contribution in [0.15, 0.2) is 41.0 Å². The molecule has 2 rings (SSSR count). The lowest BCUT2D eigenvalue weighted by molar-refractivity contribution is -0.120. The van der Waals surface area contributed by atoms with E-state index in [0.29, 0.717) is 5.56 Å². The van der Waals surface area contributed by atoms with Gasteiger partial charge in [-0.1, -0.05) is 12.1 Å². The summed E-state index contributed by atoms with van der Waals surface area (Å²) in [7, 11) is 0. The van der Waals surface area contributed by atoms with E-state index in [1.807, 2.05) is 19.9 Å². The monoisotopic (exact) mass is 276 g/mol. The minimum Gasteiger partial charge on any atom is -0.467 e. The Morgan fingerprint density at radius 2 is 1.95 bits per heavy atom. The Kier molecular flexibility index (Phi) is 4.20. The molecule has 0 aliphatic rings. The van der Waals surface area contributed by atoms with Gasteiger partial charge in [-0.3, -0.25) is 10.1 Å². The Morgan fingerprint density at radius 3 is 2.45 bits per heavy atom. The van der Waals surface area contributed by atoms with E-state index in [9.17, 15) is 9.18 Å². The highest BCUT2D eigenvalue weighted by molar-refractivity contribution is 5.81. The van der Waals surface area contributed by atoms with Crippen molar-refractivity contribution < 1.29 is 13.6 Å². The Balaban J connectivity index is 2.20. The van der Waals surface area contributed by atoms with E-state index in [1.54, 1.807) is 18.4 Å². The number of aryl methyl sites for hydroxylation is 1. The maximum Gasteiger partial charge on any atom is 0.239 e. The number of rotatable bonds is 5. The summed E-state index contributed by atoms with van der Waals surface area (Å²) in [6.07, 6.45) is 1.60. The zero-order valence-corrected chi connectivity index (χ0v) is 11.4. The zero-order valence-electron chi connectivity index (χ0n) is 11.4. The lowest BCUT2D eigenvalue weighted by atomic mass is 10.0. The molecule has 0 aliphatic carbocycles. The van der Waals surface area contributed by atoms with E-state index in [-0.39, 0.29) is 11.9 Å². The van der Waals surface area contributed by atoms with Crippen molar-refractivity contribution in [3.05, 3.63) is 59.3 Å². The van der Waals surface area contributed by atoms with Gasteiger partial charge >= 0.3 is 0 Å². The molecule has 4 nitrogen and oxygen atoms in total. The number of carbonyl (C=O) groups excluding carboxylic acids is 1. The van der Waals surface area contributed by atoms with Gasteiger partial charge in [0.05, 0.1) is 12.3 Å². The van der Waals surface area contributed by atoms with Gasteiger partial charge in [-0.15, -0.1) is 0 Å². The molecule has 0 saturated heterocycles. The van der Waals surface area contributed by atoms with Crippen LogP contribution in [0, 0.1) is 12.7 Å². The molecule has 0 radical (unpaired) electrons. The highest BCUT2D eigenvalue weighted by Gasteiger charge is 2.22. The van der Waals surface area contributed by atoms with Crippen LogP contribution >= 0.6 is 0 Å². The molecule has 2 aromatic rings. The number of amides is 1. The minimum atomic E-state index is -0.699. The standard InChI is InChI=1S/C15H17FN2O2/c1-9-7-8-20-14(9)10(2)18-13(15(17)19)11-3-5-12(16)6-4-11/h3-8,10,13,18H,1-2H3,(H2,17,19). The van der Waals surface area contributed by atoms with Crippen LogP contribution < -0.4 is 11.1 Å². The highest BCUT2D eigenvalue weighted by Crippen LogP contribution is 2.22. The average molecular weight is 276 g/mol. The molecule has 106 valence electrons. The topological polar surface area (TPSA) is 68.3 Å². The van der Waals surface area contributed by atoms with Gasteiger partial charge in [-0.25, -0.2) is 4.39 Å². The molecule has 2 unspecified atom stereocenters. The van der Waals surface area contributed by atoms with E-state index in [4.69, 9.17) is 10.2 Å². The average Bonchev–Trinajstić information content (AvgIpc) is 2.83. The van der Waals surface area contributed by atoms with Crippen LogP contribution in [-0.2, 0) is 4.79 Å². The molecule has 0 saturated carbocycles. The first kappa shape index (κ1) is 14.3. The number of carbonyl (C=O) groups is 1. The summed E-state index contributed by atoms with van der Waals surface area (Å²) in [5.74, 6) is -0.127. The molecule has 2 atom stereocenters. The van der Waals surface area contributed by atoms with Gasteiger partial charge < -0.3 is 10.2 Å². The second-order valence-corrected chi connectivity index (χ2v) is 4.74. The Labute approximate surface area is 116 Å². The summed E-state index contributed by atoms with van der Waals surface area (Å²) in [5.41, 5.74) is 7.03. The summed E-state index contributed by atoms with van der Waals surface area (Å²) in [6, 6.07) is 6.65. The minimum absolute atomic E-state index is 0.187. The Morgan fingerprint density at radius 1 is 1.30 bits per heavy atom. The van der Waals surface area contributed by atoms with E-state index >= 15 is 0 Å². The van der Waals surface area contributed by atoms with E-state index < -0.39 is 11.9 Å². The molecule has 20 heavy (non-hydrogen) atoms. The van der Waals surface area contributed by atoms with Crippen LogP contribution in [0.2, 0.25) is 0 Å².